The molecule has 0 spiro atoms. The number of hydrogen-bond acceptors (Lipinski definition) is 6. The Labute approximate surface area is 191 Å². The minimum absolute atomic E-state index is 0.215. The van der Waals surface area contributed by atoms with E-state index in [1.54, 1.807) is 0 Å². The third-order valence-corrected chi connectivity index (χ3v) is 6.78. The van der Waals surface area contributed by atoms with Crippen molar-refractivity contribution in [2.45, 2.75) is 52.6 Å². The van der Waals surface area contributed by atoms with Crippen LogP contribution in [0.2, 0.25) is 0 Å². The largest absolute Gasteiger partial charge is 0.468 e. The second-order valence-electron chi connectivity index (χ2n) is 8.18. The molecule has 31 heavy (non-hydrogen) atoms. The van der Waals surface area contributed by atoms with E-state index in [1.807, 2.05) is 52.0 Å². The maximum atomic E-state index is 13.6. The van der Waals surface area contributed by atoms with E-state index in [0.717, 1.165) is 15.7 Å². The Bertz CT molecular complexity index is 980. The number of halogens is 1. The number of esters is 2. The van der Waals surface area contributed by atoms with Gasteiger partial charge in [0.05, 0.1) is 18.8 Å². The number of carbonyl (C=O) groups excluding carboxylic acids is 3. The number of allylic oxidation sites excluding steroid dienone is 3. The Balaban J connectivity index is 2.18. The van der Waals surface area contributed by atoms with Gasteiger partial charge in [-0.3, -0.25) is 9.59 Å². The van der Waals surface area contributed by atoms with Gasteiger partial charge in [-0.2, -0.15) is 0 Å². The zero-order valence-electron chi connectivity index (χ0n) is 18.5. The first-order valence-electron chi connectivity index (χ1n) is 10.5. The van der Waals surface area contributed by atoms with Crippen molar-refractivity contribution in [3.63, 3.8) is 0 Å². The predicted molar refractivity (Wildman–Crippen MR) is 120 cm³/mol. The van der Waals surface area contributed by atoms with E-state index in [0.29, 0.717) is 29.7 Å². The van der Waals surface area contributed by atoms with Crippen molar-refractivity contribution < 1.29 is 23.9 Å². The standard InChI is InChI=1S/C24H28BrNO5/c1-6-13(3)31-24(29)19-14(4)26-17-11-12(2)18(23(28)30-5)22(27)21(17)20(19)15-9-7-8-10-16(15)25/h7-10,12-13,18,20,26H,6,11H2,1-5H3/t12-,13+,18+,20+/m0/s1. The van der Waals surface area contributed by atoms with E-state index in [-0.39, 0.29) is 17.8 Å². The van der Waals surface area contributed by atoms with Crippen LogP contribution in [0.3, 0.4) is 0 Å². The summed E-state index contributed by atoms with van der Waals surface area (Å²) in [7, 11) is 1.29. The van der Waals surface area contributed by atoms with Crippen LogP contribution < -0.4 is 5.32 Å². The summed E-state index contributed by atoms with van der Waals surface area (Å²) < 4.78 is 11.4. The average Bonchev–Trinajstić information content (AvgIpc) is 2.72. The molecule has 0 fully saturated rings. The highest BCUT2D eigenvalue weighted by Crippen LogP contribution is 2.47. The lowest BCUT2D eigenvalue weighted by Crippen LogP contribution is -2.43. The molecule has 4 atom stereocenters. The number of benzene rings is 1. The molecule has 0 saturated heterocycles. The number of nitrogens with one attached hydrogen (secondary N) is 1. The molecule has 166 valence electrons. The number of methoxy groups -OCH3 is 1. The summed E-state index contributed by atoms with van der Waals surface area (Å²) in [6.45, 7) is 7.46. The Hall–Kier alpha value is -2.41. The van der Waals surface area contributed by atoms with E-state index < -0.39 is 23.8 Å². The number of carbonyl (C=O) groups is 3. The molecule has 2 aliphatic rings. The van der Waals surface area contributed by atoms with Gasteiger partial charge in [-0.1, -0.05) is 48.0 Å². The van der Waals surface area contributed by atoms with Crippen LogP contribution in [0.4, 0.5) is 0 Å². The predicted octanol–water partition coefficient (Wildman–Crippen LogP) is 4.40. The molecule has 7 heteroatoms. The number of dihydropyridines is 1. The Kier molecular flexibility index (Phi) is 7.04. The van der Waals surface area contributed by atoms with Gasteiger partial charge in [-0.25, -0.2) is 4.79 Å². The van der Waals surface area contributed by atoms with Crippen molar-refractivity contribution >= 4 is 33.7 Å². The van der Waals surface area contributed by atoms with Crippen LogP contribution in [0.1, 0.15) is 52.0 Å². The van der Waals surface area contributed by atoms with Gasteiger partial charge in [0.1, 0.15) is 5.92 Å². The molecule has 1 heterocycles. The van der Waals surface area contributed by atoms with Crippen molar-refractivity contribution in [2.24, 2.45) is 11.8 Å². The van der Waals surface area contributed by atoms with E-state index in [1.165, 1.54) is 7.11 Å². The third-order valence-electron chi connectivity index (χ3n) is 6.06. The fourth-order valence-electron chi connectivity index (χ4n) is 4.30. The molecule has 0 unspecified atom stereocenters. The summed E-state index contributed by atoms with van der Waals surface area (Å²) in [4.78, 5) is 39.3. The molecule has 0 radical (unpaired) electrons. The summed E-state index contributed by atoms with van der Waals surface area (Å²) >= 11 is 3.58. The van der Waals surface area contributed by atoms with Gasteiger partial charge in [0.25, 0.3) is 0 Å². The lowest BCUT2D eigenvalue weighted by molar-refractivity contribution is -0.151. The first kappa shape index (κ1) is 23.3. The Morgan fingerprint density at radius 3 is 2.58 bits per heavy atom. The SMILES string of the molecule is CC[C@@H](C)OC(=O)C1=C(C)NC2=C(C(=O)[C@H](C(=O)OC)[C@@H](C)C2)[C@@H]1c1ccccc1Br. The lowest BCUT2D eigenvalue weighted by Gasteiger charge is -2.38. The maximum Gasteiger partial charge on any atom is 0.337 e. The van der Waals surface area contributed by atoms with Gasteiger partial charge in [0.15, 0.2) is 5.78 Å². The van der Waals surface area contributed by atoms with Crippen LogP contribution in [-0.2, 0) is 23.9 Å². The fraction of sp³-hybridized carbons (Fsp3) is 0.458. The number of ketones is 1. The van der Waals surface area contributed by atoms with Crippen molar-refractivity contribution in [1.82, 2.24) is 5.32 Å². The third kappa shape index (κ3) is 4.33. The van der Waals surface area contributed by atoms with Gasteiger partial charge in [-0.05, 0) is 44.2 Å². The highest BCUT2D eigenvalue weighted by atomic mass is 79.9. The molecule has 6 nitrogen and oxygen atoms in total. The summed E-state index contributed by atoms with van der Waals surface area (Å²) in [6, 6.07) is 7.49. The zero-order chi connectivity index (χ0) is 22.9. The molecular weight excluding hydrogens is 462 g/mol. The molecule has 1 aromatic rings. The second-order valence-corrected chi connectivity index (χ2v) is 9.04. The monoisotopic (exact) mass is 489 g/mol. The first-order valence-corrected chi connectivity index (χ1v) is 11.3. The molecule has 1 aliphatic heterocycles. The van der Waals surface area contributed by atoms with Crippen LogP contribution >= 0.6 is 15.9 Å². The molecule has 1 aromatic carbocycles. The average molecular weight is 490 g/mol. The van der Waals surface area contributed by atoms with E-state index >= 15 is 0 Å². The maximum absolute atomic E-state index is 13.6. The molecule has 0 amide bonds. The molecular formula is C24H28BrNO5. The number of hydrogen-bond donors (Lipinski definition) is 1. The minimum atomic E-state index is -0.902. The molecule has 0 aromatic heterocycles. The molecule has 1 N–H and O–H groups in total. The van der Waals surface area contributed by atoms with Crippen LogP contribution in [0.15, 0.2) is 51.3 Å². The van der Waals surface area contributed by atoms with Gasteiger partial charge in [-0.15, -0.1) is 0 Å². The number of Topliss-reactive ketones (excluding diaryl/α,β-unsaturated/α-hetero) is 1. The molecule has 1 aliphatic carbocycles. The summed E-state index contributed by atoms with van der Waals surface area (Å²) in [5.74, 6) is -3.09. The quantitative estimate of drug-likeness (QED) is 0.487. The van der Waals surface area contributed by atoms with E-state index in [9.17, 15) is 14.4 Å². The summed E-state index contributed by atoms with van der Waals surface area (Å²) in [6.07, 6.45) is 0.931. The molecule has 0 saturated carbocycles. The van der Waals surface area contributed by atoms with Crippen molar-refractivity contribution in [1.29, 1.82) is 0 Å². The normalized spacial score (nSPS) is 24.3. The Morgan fingerprint density at radius 2 is 1.97 bits per heavy atom. The topological polar surface area (TPSA) is 81.7 Å². The smallest absolute Gasteiger partial charge is 0.337 e. The summed E-state index contributed by atoms with van der Waals surface area (Å²) in [5.41, 5.74) is 3.00. The zero-order valence-corrected chi connectivity index (χ0v) is 20.0. The second kappa shape index (κ2) is 9.39. The van der Waals surface area contributed by atoms with E-state index in [4.69, 9.17) is 9.47 Å². The van der Waals surface area contributed by atoms with Gasteiger partial charge in [0.2, 0.25) is 0 Å². The fourth-order valence-corrected chi connectivity index (χ4v) is 4.81. The van der Waals surface area contributed by atoms with E-state index in [2.05, 4.69) is 21.2 Å². The highest BCUT2D eigenvalue weighted by molar-refractivity contribution is 9.10. The van der Waals surface area contributed by atoms with Crippen molar-refractivity contribution in [3.05, 3.63) is 56.8 Å². The van der Waals surface area contributed by atoms with Gasteiger partial charge < -0.3 is 14.8 Å². The summed E-state index contributed by atoms with van der Waals surface area (Å²) in [5, 5.41) is 3.27. The Morgan fingerprint density at radius 1 is 1.29 bits per heavy atom. The van der Waals surface area contributed by atoms with Crippen molar-refractivity contribution in [2.75, 3.05) is 7.11 Å². The first-order chi connectivity index (χ1) is 14.7. The molecule has 3 rings (SSSR count). The highest BCUT2D eigenvalue weighted by Gasteiger charge is 2.47. The number of rotatable bonds is 5. The molecule has 0 bridgehead atoms. The van der Waals surface area contributed by atoms with Crippen LogP contribution in [0.25, 0.3) is 0 Å². The minimum Gasteiger partial charge on any atom is -0.468 e. The van der Waals surface area contributed by atoms with Crippen molar-refractivity contribution in [3.8, 4) is 0 Å². The van der Waals surface area contributed by atoms with Crippen LogP contribution in [-0.4, -0.2) is 30.9 Å². The van der Waals surface area contributed by atoms with Crippen LogP contribution in [0.5, 0.6) is 0 Å². The number of ether oxygens (including phenoxy) is 2. The lowest BCUT2D eigenvalue weighted by atomic mass is 9.69. The van der Waals surface area contributed by atoms with Gasteiger partial charge in [0, 0.05) is 27.4 Å². The van der Waals surface area contributed by atoms with Crippen LogP contribution in [0, 0.1) is 11.8 Å². The van der Waals surface area contributed by atoms with Gasteiger partial charge >= 0.3 is 11.9 Å².